The number of anilines is 1. The number of carboxylic acids is 1. The minimum Gasteiger partial charge on any atom is -0.507 e. The summed E-state index contributed by atoms with van der Waals surface area (Å²) in [6, 6.07) is 23.8. The van der Waals surface area contributed by atoms with Crippen LogP contribution in [0.4, 0.5) is 5.95 Å². The number of nitrogens with zero attached hydrogens (tertiary/aromatic N) is 2. The van der Waals surface area contributed by atoms with E-state index in [-0.39, 0.29) is 22.8 Å². The maximum absolute atomic E-state index is 13.5. The summed E-state index contributed by atoms with van der Waals surface area (Å²) < 4.78 is 0. The van der Waals surface area contributed by atoms with Gasteiger partial charge in [-0.3, -0.25) is 14.5 Å². The van der Waals surface area contributed by atoms with Crippen LogP contribution in [0.3, 0.4) is 0 Å². The number of fused-ring (bicyclic) bond motifs is 2. The average Bonchev–Trinajstić information content (AvgIpc) is 3.45. The number of benzene rings is 4. The fraction of sp³-hybridized carbons (Fsp3) is 0.0667. The lowest BCUT2D eigenvalue weighted by atomic mass is 9.94. The Morgan fingerprint density at radius 2 is 1.63 bits per heavy atom. The summed E-state index contributed by atoms with van der Waals surface area (Å²) in [6.07, 6.45) is 0. The van der Waals surface area contributed by atoms with Crippen molar-refractivity contribution in [2.75, 3.05) is 4.90 Å². The predicted molar refractivity (Wildman–Crippen MR) is 143 cm³/mol. The van der Waals surface area contributed by atoms with Gasteiger partial charge >= 0.3 is 11.9 Å². The van der Waals surface area contributed by atoms with Crippen LogP contribution in [0.5, 0.6) is 0 Å². The van der Waals surface area contributed by atoms with Gasteiger partial charge < -0.3 is 15.2 Å². The molecule has 0 saturated carbocycles. The van der Waals surface area contributed by atoms with Gasteiger partial charge in [0.15, 0.2) is 0 Å². The van der Waals surface area contributed by atoms with Crippen LogP contribution in [0.25, 0.3) is 27.6 Å². The third-order valence-corrected chi connectivity index (χ3v) is 6.77. The third kappa shape index (κ3) is 3.70. The number of ketones is 1. The third-order valence-electron chi connectivity index (χ3n) is 6.77. The number of aliphatic hydroxyl groups is 1. The number of Topliss-reactive ketones (excluding diaryl/α,β-unsaturated/α-hetero) is 1. The highest BCUT2D eigenvalue weighted by Gasteiger charge is 2.48. The topological polar surface area (TPSA) is 124 Å². The van der Waals surface area contributed by atoms with Gasteiger partial charge in [-0.1, -0.05) is 66.2 Å². The van der Waals surface area contributed by atoms with E-state index in [0.717, 1.165) is 16.3 Å². The number of carboxylic acid groups (broad SMARTS) is 1. The number of aliphatic hydroxyl groups excluding tert-OH is 1. The molecule has 6 rings (SSSR count). The maximum atomic E-state index is 13.5. The molecule has 1 aliphatic rings. The van der Waals surface area contributed by atoms with E-state index >= 15 is 0 Å². The first-order chi connectivity index (χ1) is 18.3. The second-order valence-corrected chi connectivity index (χ2v) is 9.24. The number of imidazole rings is 1. The number of aromatic carboxylic acids is 1. The molecule has 1 aliphatic heterocycles. The molecule has 5 aromatic rings. The molecule has 8 nitrogen and oxygen atoms in total. The molecule has 0 radical (unpaired) electrons. The molecule has 1 amide bonds. The normalized spacial score (nSPS) is 17.0. The summed E-state index contributed by atoms with van der Waals surface area (Å²) in [5.41, 5.74) is 2.79. The highest BCUT2D eigenvalue weighted by Crippen LogP contribution is 2.42. The molecule has 186 valence electrons. The molecule has 4 aromatic carbocycles. The number of aromatic nitrogens is 2. The fourth-order valence-electron chi connectivity index (χ4n) is 4.94. The standard InChI is InChI=1S/C30H21N3O5/c1-16-5-4-8-19(13-16)25-24(26(34)20-10-9-17-6-2-3-7-18(17)14-20)27(35)28(36)33(25)30-31-22-12-11-21(29(37)38)15-23(22)32-30/h2-15,25,34H,1H3,(H,31,32)(H,37,38)/b26-24+. The second-order valence-electron chi connectivity index (χ2n) is 9.24. The number of aryl methyl sites for hydroxylation is 1. The SMILES string of the molecule is Cc1cccc(C2/C(=C(\O)c3ccc4ccccc4c3)C(=O)C(=O)N2c2nc3ccc(C(=O)O)cc3[nH]2)c1. The van der Waals surface area contributed by atoms with E-state index in [0.29, 0.717) is 22.2 Å². The number of H-pyrrole nitrogens is 1. The van der Waals surface area contributed by atoms with Crippen molar-refractivity contribution in [1.29, 1.82) is 0 Å². The zero-order chi connectivity index (χ0) is 26.6. The number of hydrogen-bond acceptors (Lipinski definition) is 5. The first-order valence-corrected chi connectivity index (χ1v) is 11.9. The van der Waals surface area contributed by atoms with Crippen molar-refractivity contribution < 1.29 is 24.6 Å². The van der Waals surface area contributed by atoms with Gasteiger partial charge in [0.25, 0.3) is 5.78 Å². The van der Waals surface area contributed by atoms with Crippen LogP contribution in [-0.4, -0.2) is 37.8 Å². The van der Waals surface area contributed by atoms with E-state index in [4.69, 9.17) is 0 Å². The monoisotopic (exact) mass is 503 g/mol. The van der Waals surface area contributed by atoms with Crippen LogP contribution < -0.4 is 4.90 Å². The van der Waals surface area contributed by atoms with Crippen LogP contribution >= 0.6 is 0 Å². The Morgan fingerprint density at radius 3 is 2.39 bits per heavy atom. The van der Waals surface area contributed by atoms with Crippen molar-refractivity contribution in [2.45, 2.75) is 13.0 Å². The van der Waals surface area contributed by atoms with Crippen LogP contribution in [0.2, 0.25) is 0 Å². The summed E-state index contributed by atoms with van der Waals surface area (Å²) in [7, 11) is 0. The number of nitrogens with one attached hydrogen (secondary N) is 1. The molecular weight excluding hydrogens is 482 g/mol. The van der Waals surface area contributed by atoms with Gasteiger partial charge in [0.05, 0.1) is 28.2 Å². The molecule has 1 atom stereocenters. The first kappa shape index (κ1) is 23.2. The number of hydrogen-bond donors (Lipinski definition) is 3. The Morgan fingerprint density at radius 1 is 0.868 bits per heavy atom. The smallest absolute Gasteiger partial charge is 0.335 e. The molecule has 0 bridgehead atoms. The molecule has 0 aliphatic carbocycles. The van der Waals surface area contributed by atoms with Gasteiger partial charge in [0.1, 0.15) is 5.76 Å². The van der Waals surface area contributed by atoms with E-state index in [1.54, 1.807) is 18.2 Å². The van der Waals surface area contributed by atoms with Gasteiger partial charge in [0.2, 0.25) is 5.95 Å². The summed E-state index contributed by atoms with van der Waals surface area (Å²) in [5, 5.41) is 22.7. The molecule has 1 unspecified atom stereocenters. The molecule has 38 heavy (non-hydrogen) atoms. The Hall–Kier alpha value is -5.24. The summed E-state index contributed by atoms with van der Waals surface area (Å²) in [4.78, 5) is 47.1. The van der Waals surface area contributed by atoms with E-state index < -0.39 is 23.7 Å². The van der Waals surface area contributed by atoms with E-state index in [1.807, 2.05) is 55.5 Å². The van der Waals surface area contributed by atoms with Crippen LogP contribution in [0, 0.1) is 6.92 Å². The number of amides is 1. The Kier molecular flexibility index (Phi) is 5.31. The fourth-order valence-corrected chi connectivity index (χ4v) is 4.94. The summed E-state index contributed by atoms with van der Waals surface area (Å²) in [5.74, 6) is -3.00. The molecular formula is C30H21N3O5. The van der Waals surface area contributed by atoms with Gasteiger partial charge in [-0.15, -0.1) is 0 Å². The van der Waals surface area contributed by atoms with Crippen molar-refractivity contribution in [1.82, 2.24) is 9.97 Å². The highest BCUT2D eigenvalue weighted by atomic mass is 16.4. The van der Waals surface area contributed by atoms with Gasteiger partial charge in [-0.2, -0.15) is 0 Å². The van der Waals surface area contributed by atoms with E-state index in [2.05, 4.69) is 9.97 Å². The van der Waals surface area contributed by atoms with Crippen molar-refractivity contribution in [2.24, 2.45) is 0 Å². The number of rotatable bonds is 4. The van der Waals surface area contributed by atoms with Crippen molar-refractivity contribution in [3.8, 4) is 0 Å². The van der Waals surface area contributed by atoms with Crippen LogP contribution in [-0.2, 0) is 9.59 Å². The molecule has 1 saturated heterocycles. The average molecular weight is 504 g/mol. The van der Waals surface area contributed by atoms with Gasteiger partial charge in [-0.25, -0.2) is 9.78 Å². The quantitative estimate of drug-likeness (QED) is 0.173. The first-order valence-electron chi connectivity index (χ1n) is 11.9. The van der Waals surface area contributed by atoms with Crippen molar-refractivity contribution in [3.63, 3.8) is 0 Å². The Labute approximate surface area is 216 Å². The number of carbonyl (C=O) groups excluding carboxylic acids is 2. The molecule has 1 aromatic heterocycles. The largest absolute Gasteiger partial charge is 0.507 e. The summed E-state index contributed by atoms with van der Waals surface area (Å²) in [6.45, 7) is 1.90. The lowest BCUT2D eigenvalue weighted by Gasteiger charge is -2.23. The lowest BCUT2D eigenvalue weighted by Crippen LogP contribution is -2.30. The van der Waals surface area contributed by atoms with Gasteiger partial charge in [0, 0.05) is 5.56 Å². The van der Waals surface area contributed by atoms with Gasteiger partial charge in [-0.05, 0) is 47.5 Å². The molecule has 3 N–H and O–H groups in total. The Balaban J connectivity index is 1.56. The van der Waals surface area contributed by atoms with Crippen LogP contribution in [0.15, 0.2) is 90.5 Å². The van der Waals surface area contributed by atoms with Crippen molar-refractivity contribution >= 4 is 51.2 Å². The number of carbonyl (C=O) groups is 3. The molecule has 2 heterocycles. The lowest BCUT2D eigenvalue weighted by molar-refractivity contribution is -0.132. The maximum Gasteiger partial charge on any atom is 0.335 e. The predicted octanol–water partition coefficient (Wildman–Crippen LogP) is 5.35. The number of aromatic amines is 1. The highest BCUT2D eigenvalue weighted by molar-refractivity contribution is 6.51. The summed E-state index contributed by atoms with van der Waals surface area (Å²) >= 11 is 0. The van der Waals surface area contributed by atoms with Crippen LogP contribution in [0.1, 0.15) is 33.1 Å². The molecule has 1 fully saturated rings. The zero-order valence-corrected chi connectivity index (χ0v) is 20.2. The Bertz CT molecular complexity index is 1830. The van der Waals surface area contributed by atoms with E-state index in [9.17, 15) is 24.6 Å². The molecule has 0 spiro atoms. The van der Waals surface area contributed by atoms with Crippen molar-refractivity contribution in [3.05, 3.63) is 113 Å². The minimum absolute atomic E-state index is 0.0532. The zero-order valence-electron chi connectivity index (χ0n) is 20.2. The second kappa shape index (κ2) is 8.70. The van der Waals surface area contributed by atoms with E-state index in [1.165, 1.54) is 23.1 Å². The molecule has 8 heteroatoms. The minimum atomic E-state index is -1.10.